The van der Waals surface area contributed by atoms with Crippen molar-refractivity contribution in [1.82, 2.24) is 4.90 Å². The number of nitrogens with zero attached hydrogens (tertiary/aromatic N) is 1. The number of nitrogens with two attached hydrogens (primary N) is 1. The number of thiophene rings is 1. The van der Waals surface area contributed by atoms with Gasteiger partial charge in [0.2, 0.25) is 0 Å². The normalized spacial score (nSPS) is 14.4. The Bertz CT molecular complexity index is 334. The minimum absolute atomic E-state index is 0.186. The predicted molar refractivity (Wildman–Crippen MR) is 75.9 cm³/mol. The highest BCUT2D eigenvalue weighted by Gasteiger charge is 2.25. The van der Waals surface area contributed by atoms with Gasteiger partial charge in [0.15, 0.2) is 0 Å². The van der Waals surface area contributed by atoms with Crippen LogP contribution in [0.15, 0.2) is 15.9 Å². The SMILES string of the molecule is CN(C)C(CC(C)(C)CN)c1ccc(Br)s1. The Morgan fingerprint density at radius 2 is 2.06 bits per heavy atom. The first-order chi connectivity index (χ1) is 7.35. The summed E-state index contributed by atoms with van der Waals surface area (Å²) in [6.07, 6.45) is 1.09. The zero-order valence-electron chi connectivity index (χ0n) is 10.5. The van der Waals surface area contributed by atoms with Gasteiger partial charge >= 0.3 is 0 Å². The van der Waals surface area contributed by atoms with Crippen molar-refractivity contribution >= 4 is 27.3 Å². The van der Waals surface area contributed by atoms with Gasteiger partial charge in [0.05, 0.1) is 3.79 Å². The van der Waals surface area contributed by atoms with Crippen molar-refractivity contribution in [2.75, 3.05) is 20.6 Å². The van der Waals surface area contributed by atoms with Gasteiger partial charge in [0.25, 0.3) is 0 Å². The molecule has 0 aromatic carbocycles. The minimum Gasteiger partial charge on any atom is -0.330 e. The van der Waals surface area contributed by atoms with Gasteiger partial charge in [-0.25, -0.2) is 0 Å². The third-order valence-electron chi connectivity index (χ3n) is 2.84. The highest BCUT2D eigenvalue weighted by Crippen LogP contribution is 2.36. The van der Waals surface area contributed by atoms with E-state index in [9.17, 15) is 0 Å². The Morgan fingerprint density at radius 1 is 1.44 bits per heavy atom. The molecule has 0 radical (unpaired) electrons. The van der Waals surface area contributed by atoms with E-state index in [-0.39, 0.29) is 5.41 Å². The summed E-state index contributed by atoms with van der Waals surface area (Å²) in [5.41, 5.74) is 6.00. The molecule has 1 heterocycles. The van der Waals surface area contributed by atoms with Crippen LogP contribution in [0.4, 0.5) is 0 Å². The molecule has 0 aliphatic heterocycles. The molecule has 1 atom stereocenters. The highest BCUT2D eigenvalue weighted by atomic mass is 79.9. The first-order valence-electron chi connectivity index (χ1n) is 5.47. The molecular weight excluding hydrogens is 284 g/mol. The summed E-state index contributed by atoms with van der Waals surface area (Å²) in [7, 11) is 4.26. The van der Waals surface area contributed by atoms with Crippen molar-refractivity contribution in [3.63, 3.8) is 0 Å². The molecule has 2 nitrogen and oxygen atoms in total. The van der Waals surface area contributed by atoms with Crippen LogP contribution < -0.4 is 5.73 Å². The van der Waals surface area contributed by atoms with Crippen LogP contribution in [0.3, 0.4) is 0 Å². The number of rotatable bonds is 5. The summed E-state index contributed by atoms with van der Waals surface area (Å²) in [6, 6.07) is 4.77. The van der Waals surface area contributed by atoms with Gasteiger partial charge in [-0.3, -0.25) is 0 Å². The van der Waals surface area contributed by atoms with Crippen LogP contribution in [0.25, 0.3) is 0 Å². The lowest BCUT2D eigenvalue weighted by molar-refractivity contribution is 0.205. The van der Waals surface area contributed by atoms with E-state index in [1.165, 1.54) is 8.66 Å². The van der Waals surface area contributed by atoms with Gasteiger partial charge in [-0.2, -0.15) is 0 Å². The fourth-order valence-corrected chi connectivity index (χ4v) is 3.27. The Morgan fingerprint density at radius 3 is 2.44 bits per heavy atom. The number of halogens is 1. The second-order valence-electron chi connectivity index (χ2n) is 5.19. The molecule has 0 aliphatic rings. The van der Waals surface area contributed by atoms with E-state index < -0.39 is 0 Å². The summed E-state index contributed by atoms with van der Waals surface area (Å²) in [5.74, 6) is 0. The van der Waals surface area contributed by atoms with E-state index in [1.54, 1.807) is 0 Å². The summed E-state index contributed by atoms with van der Waals surface area (Å²) in [5, 5.41) is 0. The predicted octanol–water partition coefficient (Wildman–Crippen LogP) is 3.49. The molecule has 16 heavy (non-hydrogen) atoms. The van der Waals surface area contributed by atoms with Gasteiger partial charge in [-0.15, -0.1) is 11.3 Å². The van der Waals surface area contributed by atoms with Crippen molar-refractivity contribution in [3.8, 4) is 0 Å². The molecule has 2 N–H and O–H groups in total. The van der Waals surface area contributed by atoms with Gasteiger partial charge in [-0.05, 0) is 60.5 Å². The molecule has 0 aliphatic carbocycles. The molecule has 1 unspecified atom stereocenters. The molecule has 0 bridgehead atoms. The molecule has 0 spiro atoms. The quantitative estimate of drug-likeness (QED) is 0.902. The minimum atomic E-state index is 0.186. The lowest BCUT2D eigenvalue weighted by atomic mass is 9.85. The monoisotopic (exact) mass is 304 g/mol. The van der Waals surface area contributed by atoms with Crippen LogP contribution in [-0.2, 0) is 0 Å². The van der Waals surface area contributed by atoms with Gasteiger partial charge in [-0.1, -0.05) is 13.8 Å². The smallest absolute Gasteiger partial charge is 0.0701 e. The van der Waals surface area contributed by atoms with E-state index in [2.05, 4.69) is 60.9 Å². The van der Waals surface area contributed by atoms with Crippen LogP contribution in [0.5, 0.6) is 0 Å². The van der Waals surface area contributed by atoms with Crippen LogP contribution in [0.1, 0.15) is 31.2 Å². The maximum Gasteiger partial charge on any atom is 0.0701 e. The topological polar surface area (TPSA) is 29.3 Å². The van der Waals surface area contributed by atoms with Crippen molar-refractivity contribution in [2.24, 2.45) is 11.1 Å². The maximum atomic E-state index is 5.81. The Kier molecular flexibility index (Phi) is 4.98. The molecule has 92 valence electrons. The third-order valence-corrected chi connectivity index (χ3v) is 4.57. The largest absolute Gasteiger partial charge is 0.330 e. The van der Waals surface area contributed by atoms with Crippen LogP contribution in [0.2, 0.25) is 0 Å². The fraction of sp³-hybridized carbons (Fsp3) is 0.667. The molecule has 1 aromatic rings. The van der Waals surface area contributed by atoms with Crippen LogP contribution in [0, 0.1) is 5.41 Å². The van der Waals surface area contributed by atoms with E-state index >= 15 is 0 Å². The zero-order valence-corrected chi connectivity index (χ0v) is 12.9. The van der Waals surface area contributed by atoms with Gasteiger partial charge in [0.1, 0.15) is 0 Å². The molecule has 4 heteroatoms. The zero-order chi connectivity index (χ0) is 12.3. The summed E-state index contributed by atoms with van der Waals surface area (Å²) >= 11 is 5.33. The highest BCUT2D eigenvalue weighted by molar-refractivity contribution is 9.11. The standard InChI is InChI=1S/C12H21BrN2S/c1-12(2,8-14)7-9(15(3)4)10-5-6-11(13)16-10/h5-6,9H,7-8,14H2,1-4H3. The van der Waals surface area contributed by atoms with Crippen LogP contribution in [-0.4, -0.2) is 25.5 Å². The molecule has 1 aromatic heterocycles. The van der Waals surface area contributed by atoms with E-state index in [0.29, 0.717) is 6.04 Å². The van der Waals surface area contributed by atoms with E-state index in [1.807, 2.05) is 11.3 Å². The van der Waals surface area contributed by atoms with Crippen molar-refractivity contribution in [1.29, 1.82) is 0 Å². The molecule has 0 fully saturated rings. The van der Waals surface area contributed by atoms with Gasteiger partial charge in [0, 0.05) is 10.9 Å². The van der Waals surface area contributed by atoms with Crippen molar-refractivity contribution in [2.45, 2.75) is 26.3 Å². The fourth-order valence-electron chi connectivity index (χ4n) is 1.65. The second-order valence-corrected chi connectivity index (χ2v) is 7.69. The molecule has 0 saturated carbocycles. The average Bonchev–Trinajstić information content (AvgIpc) is 2.61. The number of hydrogen-bond acceptors (Lipinski definition) is 3. The summed E-state index contributed by atoms with van der Waals surface area (Å²) in [4.78, 5) is 3.67. The first kappa shape index (κ1) is 14.2. The lowest BCUT2D eigenvalue weighted by Crippen LogP contribution is -2.30. The Balaban J connectivity index is 2.84. The third kappa shape index (κ3) is 3.84. The average molecular weight is 305 g/mol. The van der Waals surface area contributed by atoms with Gasteiger partial charge < -0.3 is 10.6 Å². The molecular formula is C12H21BrN2S. The van der Waals surface area contributed by atoms with E-state index in [0.717, 1.165) is 13.0 Å². The molecule has 0 saturated heterocycles. The van der Waals surface area contributed by atoms with E-state index in [4.69, 9.17) is 5.73 Å². The van der Waals surface area contributed by atoms with Crippen molar-refractivity contribution in [3.05, 3.63) is 20.8 Å². The Labute approximate surface area is 111 Å². The lowest BCUT2D eigenvalue weighted by Gasteiger charge is -2.32. The Hall–Kier alpha value is 0.1000. The van der Waals surface area contributed by atoms with Crippen LogP contribution >= 0.6 is 27.3 Å². The molecule has 1 rings (SSSR count). The first-order valence-corrected chi connectivity index (χ1v) is 7.08. The van der Waals surface area contributed by atoms with Crippen molar-refractivity contribution < 1.29 is 0 Å². The molecule has 0 amide bonds. The maximum absolute atomic E-state index is 5.81. The number of hydrogen-bond donors (Lipinski definition) is 1. The second kappa shape index (κ2) is 5.63. The summed E-state index contributed by atoms with van der Waals surface area (Å²) in [6.45, 7) is 5.18. The summed E-state index contributed by atoms with van der Waals surface area (Å²) < 4.78 is 1.19.